The van der Waals surface area contributed by atoms with Crippen molar-refractivity contribution in [1.29, 1.82) is 0 Å². The van der Waals surface area contributed by atoms with Crippen LogP contribution in [-0.2, 0) is 23.8 Å². The molecule has 0 unspecified atom stereocenters. The first kappa shape index (κ1) is 26.0. The standard InChI is InChI=1S/C22H21ClFN3O7S/c1-3-26(4-2)22(31)32-10-17(28)33-11-34-19(16-6-5-7-35-16)18-12-8-14(24)13(23)9-15(12)27(20(18)29)21(25)30/h5-9H,3-4,10-11H2,1-2H3,(H2,25,30)/b19-18+. The van der Waals surface area contributed by atoms with E-state index in [2.05, 4.69) is 0 Å². The van der Waals surface area contributed by atoms with Crippen molar-refractivity contribution in [2.75, 3.05) is 31.4 Å². The molecular formula is C22H21ClFN3O7S. The van der Waals surface area contributed by atoms with Crippen LogP contribution in [0.5, 0.6) is 0 Å². The fourth-order valence-corrected chi connectivity index (χ4v) is 4.15. The Morgan fingerprint density at radius 1 is 1.17 bits per heavy atom. The van der Waals surface area contributed by atoms with Crippen LogP contribution in [0.2, 0.25) is 5.02 Å². The summed E-state index contributed by atoms with van der Waals surface area (Å²) in [7, 11) is 0. The number of primary amides is 1. The minimum Gasteiger partial charge on any atom is -0.455 e. The molecule has 3 rings (SSSR count). The predicted molar refractivity (Wildman–Crippen MR) is 126 cm³/mol. The molecule has 35 heavy (non-hydrogen) atoms. The molecule has 1 aromatic heterocycles. The van der Waals surface area contributed by atoms with Crippen molar-refractivity contribution >= 4 is 64.0 Å². The third-order valence-electron chi connectivity index (χ3n) is 4.92. The summed E-state index contributed by atoms with van der Waals surface area (Å²) in [4.78, 5) is 51.4. The second kappa shape index (κ2) is 11.2. The van der Waals surface area contributed by atoms with Crippen molar-refractivity contribution in [1.82, 2.24) is 4.90 Å². The fourth-order valence-electron chi connectivity index (χ4n) is 3.26. The normalized spacial score (nSPS) is 13.8. The molecule has 0 spiro atoms. The van der Waals surface area contributed by atoms with Gasteiger partial charge in [-0.25, -0.2) is 23.7 Å². The second-order valence-electron chi connectivity index (χ2n) is 6.95. The second-order valence-corrected chi connectivity index (χ2v) is 8.30. The van der Waals surface area contributed by atoms with Crippen LogP contribution in [0.15, 0.2) is 29.6 Å². The van der Waals surface area contributed by atoms with Crippen molar-refractivity contribution in [3.8, 4) is 0 Å². The molecule has 2 aromatic rings. The Morgan fingerprint density at radius 3 is 2.49 bits per heavy atom. The zero-order valence-electron chi connectivity index (χ0n) is 18.7. The SMILES string of the molecule is CCN(CC)C(=O)OCC(=O)OCO/C(=C1/C(=O)N(C(N)=O)c2cc(Cl)c(F)cc21)c1cccs1. The Morgan fingerprint density at radius 2 is 1.89 bits per heavy atom. The van der Waals surface area contributed by atoms with E-state index in [9.17, 15) is 23.6 Å². The quantitative estimate of drug-likeness (QED) is 0.240. The molecule has 0 saturated heterocycles. The Labute approximate surface area is 208 Å². The van der Waals surface area contributed by atoms with Crippen LogP contribution in [0.3, 0.4) is 0 Å². The number of benzene rings is 1. The van der Waals surface area contributed by atoms with Crippen LogP contribution in [0, 0.1) is 5.82 Å². The summed E-state index contributed by atoms with van der Waals surface area (Å²) < 4.78 is 29.7. The number of imide groups is 1. The highest BCUT2D eigenvalue weighted by Crippen LogP contribution is 2.43. The van der Waals surface area contributed by atoms with Crippen LogP contribution in [0.25, 0.3) is 11.3 Å². The molecule has 0 fully saturated rings. The molecule has 10 nitrogen and oxygen atoms in total. The monoisotopic (exact) mass is 525 g/mol. The van der Waals surface area contributed by atoms with E-state index < -0.39 is 43.2 Å². The lowest BCUT2D eigenvalue weighted by Gasteiger charge is -2.17. The molecule has 0 bridgehead atoms. The number of hydrogen-bond acceptors (Lipinski definition) is 8. The van der Waals surface area contributed by atoms with Crippen LogP contribution < -0.4 is 10.6 Å². The number of carbonyl (C=O) groups is 4. The van der Waals surface area contributed by atoms with Gasteiger partial charge in [0.25, 0.3) is 5.91 Å². The van der Waals surface area contributed by atoms with Crippen molar-refractivity contribution in [2.45, 2.75) is 13.8 Å². The Kier molecular flexibility index (Phi) is 8.30. The largest absolute Gasteiger partial charge is 0.455 e. The van der Waals surface area contributed by atoms with Gasteiger partial charge in [0.2, 0.25) is 6.79 Å². The van der Waals surface area contributed by atoms with Crippen LogP contribution in [0.1, 0.15) is 24.3 Å². The predicted octanol–water partition coefficient (Wildman–Crippen LogP) is 3.83. The highest BCUT2D eigenvalue weighted by atomic mass is 35.5. The maximum absolute atomic E-state index is 14.3. The maximum Gasteiger partial charge on any atom is 0.410 e. The van der Waals surface area contributed by atoms with Gasteiger partial charge in [0.15, 0.2) is 12.4 Å². The third-order valence-corrected chi connectivity index (χ3v) is 6.07. The number of nitrogens with zero attached hydrogens (tertiary/aromatic N) is 2. The summed E-state index contributed by atoms with van der Waals surface area (Å²) in [6, 6.07) is 4.30. The molecule has 0 radical (unpaired) electrons. The molecule has 186 valence electrons. The van der Waals surface area contributed by atoms with Gasteiger partial charge in [-0.1, -0.05) is 17.7 Å². The van der Waals surface area contributed by atoms with Gasteiger partial charge < -0.3 is 24.8 Å². The lowest BCUT2D eigenvalue weighted by Crippen LogP contribution is -2.38. The number of rotatable bonds is 8. The van der Waals surface area contributed by atoms with Crippen LogP contribution >= 0.6 is 22.9 Å². The number of esters is 1. The topological polar surface area (TPSA) is 128 Å². The van der Waals surface area contributed by atoms with E-state index in [-0.39, 0.29) is 27.6 Å². The molecule has 2 heterocycles. The van der Waals surface area contributed by atoms with E-state index in [4.69, 9.17) is 31.5 Å². The number of thiophene rings is 1. The number of nitrogens with two attached hydrogens (primary N) is 1. The van der Waals surface area contributed by atoms with E-state index in [0.717, 1.165) is 12.1 Å². The van der Waals surface area contributed by atoms with E-state index in [1.807, 2.05) is 0 Å². The number of amides is 4. The minimum atomic E-state index is -1.10. The van der Waals surface area contributed by atoms with Gasteiger partial charge in [-0.05, 0) is 37.4 Å². The molecular weight excluding hydrogens is 505 g/mol. The first-order valence-electron chi connectivity index (χ1n) is 10.3. The maximum atomic E-state index is 14.3. The summed E-state index contributed by atoms with van der Waals surface area (Å²) in [5.74, 6) is -2.65. The first-order valence-corrected chi connectivity index (χ1v) is 11.6. The zero-order chi connectivity index (χ0) is 25.7. The lowest BCUT2D eigenvalue weighted by atomic mass is 10.0. The smallest absolute Gasteiger partial charge is 0.410 e. The van der Waals surface area contributed by atoms with E-state index in [0.29, 0.717) is 22.9 Å². The molecule has 0 atom stereocenters. The van der Waals surface area contributed by atoms with Gasteiger partial charge in [-0.3, -0.25) is 4.79 Å². The van der Waals surface area contributed by atoms with Gasteiger partial charge in [0.05, 0.1) is 21.2 Å². The average Bonchev–Trinajstić information content (AvgIpc) is 3.43. The van der Waals surface area contributed by atoms with Gasteiger partial charge in [0.1, 0.15) is 5.82 Å². The number of anilines is 1. The molecule has 1 aliphatic heterocycles. The fraction of sp³-hybridized carbons (Fsp3) is 0.273. The molecule has 4 amide bonds. The van der Waals surface area contributed by atoms with E-state index >= 15 is 0 Å². The zero-order valence-corrected chi connectivity index (χ0v) is 20.3. The van der Waals surface area contributed by atoms with E-state index in [1.54, 1.807) is 31.4 Å². The highest BCUT2D eigenvalue weighted by molar-refractivity contribution is 7.11. The van der Waals surface area contributed by atoms with Crippen molar-refractivity contribution in [2.24, 2.45) is 5.73 Å². The number of fused-ring (bicyclic) bond motifs is 1. The summed E-state index contributed by atoms with van der Waals surface area (Å²) in [5, 5.41) is 1.39. The number of halogens is 2. The summed E-state index contributed by atoms with van der Waals surface area (Å²) in [5.41, 5.74) is 5.21. The van der Waals surface area contributed by atoms with Gasteiger partial charge in [-0.2, -0.15) is 0 Å². The van der Waals surface area contributed by atoms with E-state index in [1.165, 1.54) is 16.2 Å². The van der Waals surface area contributed by atoms with Crippen molar-refractivity contribution in [3.63, 3.8) is 0 Å². The number of hydrogen-bond donors (Lipinski definition) is 1. The minimum absolute atomic E-state index is 0.0122. The summed E-state index contributed by atoms with van der Waals surface area (Å²) >= 11 is 7.03. The number of ether oxygens (including phenoxy) is 3. The Hall–Kier alpha value is -3.64. The van der Waals surface area contributed by atoms with Gasteiger partial charge in [-0.15, -0.1) is 11.3 Å². The summed E-state index contributed by atoms with van der Waals surface area (Å²) in [6.07, 6.45) is -0.672. The molecule has 1 aromatic carbocycles. The lowest BCUT2D eigenvalue weighted by molar-refractivity contribution is -0.155. The van der Waals surface area contributed by atoms with Crippen molar-refractivity contribution in [3.05, 3.63) is 50.9 Å². The van der Waals surface area contributed by atoms with Gasteiger partial charge >= 0.3 is 18.1 Å². The molecule has 1 aliphatic rings. The number of carbonyl (C=O) groups excluding carboxylic acids is 4. The Bertz CT molecular complexity index is 1180. The molecule has 13 heteroatoms. The first-order chi connectivity index (χ1) is 16.7. The third kappa shape index (κ3) is 5.54. The molecule has 2 N–H and O–H groups in total. The number of urea groups is 1. The van der Waals surface area contributed by atoms with Gasteiger partial charge in [0, 0.05) is 18.7 Å². The summed E-state index contributed by atoms with van der Waals surface area (Å²) in [6.45, 7) is 3.04. The van der Waals surface area contributed by atoms with Crippen LogP contribution in [-0.4, -0.2) is 55.4 Å². The molecule has 0 aliphatic carbocycles. The van der Waals surface area contributed by atoms with Crippen LogP contribution in [0.4, 0.5) is 19.7 Å². The Balaban J connectivity index is 1.85. The van der Waals surface area contributed by atoms with Crippen molar-refractivity contribution < 1.29 is 37.8 Å². The molecule has 0 saturated carbocycles. The highest BCUT2D eigenvalue weighted by Gasteiger charge is 2.40. The average molecular weight is 526 g/mol.